The number of hydrogen-bond donors (Lipinski definition) is 1. The van der Waals surface area contributed by atoms with E-state index < -0.39 is 10.0 Å². The number of amidine groups is 1. The molecule has 0 radical (unpaired) electrons. The normalized spacial score (nSPS) is 18.4. The van der Waals surface area contributed by atoms with Crippen molar-refractivity contribution in [3.8, 4) is 5.75 Å². The number of methoxy groups -OCH3 is 1. The minimum absolute atomic E-state index is 0.0145. The minimum atomic E-state index is -3.78. The monoisotopic (exact) mass is 454 g/mol. The highest BCUT2D eigenvalue weighted by Gasteiger charge is 2.35. The van der Waals surface area contributed by atoms with Gasteiger partial charge in [-0.3, -0.25) is 9.78 Å². The molecule has 0 atom stereocenters. The van der Waals surface area contributed by atoms with Crippen LogP contribution in [0.15, 0.2) is 58.8 Å². The second-order valence-electron chi connectivity index (χ2n) is 7.91. The summed E-state index contributed by atoms with van der Waals surface area (Å²) >= 11 is 0. The first-order valence-electron chi connectivity index (χ1n) is 10.5. The van der Waals surface area contributed by atoms with E-state index in [1.54, 1.807) is 50.7 Å². The smallest absolute Gasteiger partial charge is 0.285 e. The number of amides is 1. The molecule has 2 aliphatic rings. The van der Waals surface area contributed by atoms with Crippen molar-refractivity contribution in [2.24, 2.45) is 10.3 Å². The molecule has 1 fully saturated rings. The van der Waals surface area contributed by atoms with E-state index in [2.05, 4.69) is 14.7 Å². The number of aromatic nitrogens is 1. The first-order valence-corrected chi connectivity index (χ1v) is 12.0. The van der Waals surface area contributed by atoms with Gasteiger partial charge in [0.2, 0.25) is 5.91 Å². The van der Waals surface area contributed by atoms with Gasteiger partial charge in [-0.1, -0.05) is 6.07 Å². The molecule has 0 aliphatic carbocycles. The summed E-state index contributed by atoms with van der Waals surface area (Å²) in [6, 6.07) is 10.7. The van der Waals surface area contributed by atoms with Gasteiger partial charge in [0.05, 0.1) is 7.11 Å². The molecule has 2 aromatic rings. The second kappa shape index (κ2) is 9.12. The molecule has 0 saturated carbocycles. The van der Waals surface area contributed by atoms with E-state index in [1.165, 1.54) is 0 Å². The molecule has 4 rings (SSSR count). The summed E-state index contributed by atoms with van der Waals surface area (Å²) in [6.07, 6.45) is 4.72. The van der Waals surface area contributed by atoms with Crippen molar-refractivity contribution in [1.82, 2.24) is 15.2 Å². The Morgan fingerprint density at radius 1 is 1.19 bits per heavy atom. The molecule has 32 heavy (non-hydrogen) atoms. The summed E-state index contributed by atoms with van der Waals surface area (Å²) in [5, 5.41) is 2.97. The fraction of sp³-hybridized carbons (Fsp3) is 0.348. The molecule has 3 heterocycles. The van der Waals surface area contributed by atoms with Crippen LogP contribution in [0.5, 0.6) is 5.75 Å². The number of benzene rings is 1. The lowest BCUT2D eigenvalue weighted by Crippen LogP contribution is -2.43. The Hall–Kier alpha value is -3.20. The molecule has 168 valence electrons. The third-order valence-corrected chi connectivity index (χ3v) is 7.32. The van der Waals surface area contributed by atoms with Gasteiger partial charge in [-0.15, -0.1) is 4.40 Å². The van der Waals surface area contributed by atoms with Gasteiger partial charge in [0.25, 0.3) is 10.0 Å². The van der Waals surface area contributed by atoms with E-state index in [1.807, 2.05) is 17.0 Å². The molecule has 8 nitrogen and oxygen atoms in total. The molecule has 0 bridgehead atoms. The average molecular weight is 455 g/mol. The average Bonchev–Trinajstić information content (AvgIpc) is 3.06. The third kappa shape index (κ3) is 4.52. The van der Waals surface area contributed by atoms with Crippen LogP contribution in [0.3, 0.4) is 0 Å². The van der Waals surface area contributed by atoms with E-state index in [4.69, 9.17) is 4.74 Å². The van der Waals surface area contributed by atoms with Gasteiger partial charge >= 0.3 is 0 Å². The first-order chi connectivity index (χ1) is 15.4. The van der Waals surface area contributed by atoms with E-state index in [9.17, 15) is 13.2 Å². The van der Waals surface area contributed by atoms with Crippen LogP contribution in [0.1, 0.15) is 30.9 Å². The van der Waals surface area contributed by atoms with Crippen molar-refractivity contribution < 1.29 is 17.9 Å². The first kappa shape index (κ1) is 22.0. The highest BCUT2D eigenvalue weighted by atomic mass is 32.2. The van der Waals surface area contributed by atoms with E-state index in [0.717, 1.165) is 5.56 Å². The molecule has 1 aromatic carbocycles. The van der Waals surface area contributed by atoms with Crippen molar-refractivity contribution in [2.75, 3.05) is 20.2 Å². The molecule has 0 unspecified atom stereocenters. The highest BCUT2D eigenvalue weighted by Crippen LogP contribution is 2.35. The molecule has 0 spiro atoms. The third-order valence-electron chi connectivity index (χ3n) is 5.85. The van der Waals surface area contributed by atoms with Crippen LogP contribution < -0.4 is 10.1 Å². The van der Waals surface area contributed by atoms with E-state index in [0.29, 0.717) is 55.2 Å². The zero-order chi connectivity index (χ0) is 22.7. The summed E-state index contributed by atoms with van der Waals surface area (Å²) in [7, 11) is -2.21. The van der Waals surface area contributed by atoms with Crippen molar-refractivity contribution >= 4 is 26.7 Å². The van der Waals surface area contributed by atoms with Crippen LogP contribution >= 0.6 is 0 Å². The van der Waals surface area contributed by atoms with Gasteiger partial charge in [-0.05, 0) is 61.2 Å². The van der Waals surface area contributed by atoms with Gasteiger partial charge < -0.3 is 15.0 Å². The Balaban J connectivity index is 1.41. The maximum absolute atomic E-state index is 12.8. The molecular weight excluding hydrogens is 428 g/mol. The number of pyridine rings is 1. The lowest BCUT2D eigenvalue weighted by molar-refractivity contribution is -0.126. The number of piperidine rings is 1. The fourth-order valence-electron chi connectivity index (χ4n) is 4.12. The molecule has 1 saturated heterocycles. The Morgan fingerprint density at radius 3 is 2.53 bits per heavy atom. The van der Waals surface area contributed by atoms with Crippen LogP contribution in [0.4, 0.5) is 0 Å². The minimum Gasteiger partial charge on any atom is -0.497 e. The Morgan fingerprint density at radius 2 is 1.91 bits per heavy atom. The van der Waals surface area contributed by atoms with Crippen molar-refractivity contribution in [3.63, 3.8) is 0 Å². The van der Waals surface area contributed by atoms with Crippen molar-refractivity contribution in [1.29, 1.82) is 0 Å². The number of carbonyl (C=O) groups is 1. The fourth-order valence-corrected chi connectivity index (χ4v) is 5.60. The number of hydrogen-bond acceptors (Lipinski definition) is 6. The maximum Gasteiger partial charge on any atom is 0.285 e. The Kier molecular flexibility index (Phi) is 6.27. The zero-order valence-electron chi connectivity index (χ0n) is 18.1. The van der Waals surface area contributed by atoms with Gasteiger partial charge in [0.1, 0.15) is 16.5 Å². The number of ether oxygens (including phenoxy) is 1. The largest absolute Gasteiger partial charge is 0.497 e. The van der Waals surface area contributed by atoms with Crippen molar-refractivity contribution in [2.45, 2.75) is 26.3 Å². The number of nitrogens with zero attached hydrogens (tertiary/aromatic N) is 3. The SMILES string of the molecule is COc1ccc(C2=C(C)C(N3CCC(C(=O)NCc4cccnc4)CC3)=NS2(=O)=O)cc1. The molecular formula is C23H26N4O4S. The van der Waals surface area contributed by atoms with E-state index in [-0.39, 0.29) is 16.7 Å². The number of sulfonamides is 1. The molecule has 1 aromatic heterocycles. The number of carbonyl (C=O) groups excluding carboxylic acids is 1. The Bertz CT molecular complexity index is 1150. The second-order valence-corrected chi connectivity index (χ2v) is 9.45. The standard InChI is InChI=1S/C23H26N4O4S/c1-16-21(18-5-7-20(31-2)8-6-18)32(29,30)26-22(16)27-12-9-19(10-13-27)23(28)25-15-17-4-3-11-24-14-17/h3-8,11,14,19H,9-10,12-13,15H2,1-2H3,(H,25,28). The van der Waals surface area contributed by atoms with Crippen LogP contribution in [0, 0.1) is 5.92 Å². The summed E-state index contributed by atoms with van der Waals surface area (Å²) in [6.45, 7) is 3.39. The van der Waals surface area contributed by atoms with Gasteiger partial charge in [-0.25, -0.2) is 0 Å². The van der Waals surface area contributed by atoms with Gasteiger partial charge in [0, 0.05) is 43.5 Å². The zero-order valence-corrected chi connectivity index (χ0v) is 18.9. The van der Waals surface area contributed by atoms with Crippen LogP contribution in [0.2, 0.25) is 0 Å². The van der Waals surface area contributed by atoms with Gasteiger partial charge in [-0.2, -0.15) is 8.42 Å². The molecule has 2 aliphatic heterocycles. The van der Waals surface area contributed by atoms with Crippen LogP contribution in [-0.2, 0) is 21.4 Å². The van der Waals surface area contributed by atoms with Crippen LogP contribution in [0.25, 0.3) is 4.91 Å². The number of nitrogens with one attached hydrogen (secondary N) is 1. The maximum atomic E-state index is 12.8. The summed E-state index contributed by atoms with van der Waals surface area (Å²) in [4.78, 5) is 18.8. The van der Waals surface area contributed by atoms with Crippen LogP contribution in [-0.4, -0.2) is 50.2 Å². The lowest BCUT2D eigenvalue weighted by Gasteiger charge is -2.32. The lowest BCUT2D eigenvalue weighted by atomic mass is 9.95. The summed E-state index contributed by atoms with van der Waals surface area (Å²) in [5.41, 5.74) is 2.18. The van der Waals surface area contributed by atoms with E-state index >= 15 is 0 Å². The quantitative estimate of drug-likeness (QED) is 0.745. The topological polar surface area (TPSA) is 101 Å². The number of likely N-dealkylation sites (tertiary alicyclic amines) is 1. The molecule has 1 N–H and O–H groups in total. The Labute approximate surface area is 188 Å². The molecule has 9 heteroatoms. The molecule has 1 amide bonds. The summed E-state index contributed by atoms with van der Waals surface area (Å²) < 4.78 is 34.8. The highest BCUT2D eigenvalue weighted by molar-refractivity contribution is 8.00. The van der Waals surface area contributed by atoms with Crippen molar-refractivity contribution in [3.05, 3.63) is 65.5 Å². The predicted molar refractivity (Wildman–Crippen MR) is 122 cm³/mol. The number of rotatable bonds is 5. The predicted octanol–water partition coefficient (Wildman–Crippen LogP) is 2.59. The van der Waals surface area contributed by atoms with Gasteiger partial charge in [0.15, 0.2) is 0 Å². The summed E-state index contributed by atoms with van der Waals surface area (Å²) in [5.74, 6) is 1.05.